The van der Waals surface area contributed by atoms with Crippen LogP contribution in [0.5, 0.6) is 11.5 Å². The van der Waals surface area contributed by atoms with Crippen molar-refractivity contribution in [2.75, 3.05) is 10.1 Å². The Labute approximate surface area is 191 Å². The number of benzene rings is 2. The zero-order chi connectivity index (χ0) is 24.2. The molecule has 2 aromatic carbocycles. The van der Waals surface area contributed by atoms with Gasteiger partial charge in [-0.1, -0.05) is 32.0 Å². The Morgan fingerprint density at radius 1 is 1.03 bits per heavy atom. The Bertz CT molecular complexity index is 1180. The number of aryl methyl sites for hydroxylation is 1. The second-order valence-corrected chi connectivity index (χ2v) is 9.88. The van der Waals surface area contributed by atoms with Crippen LogP contribution in [0.4, 0.5) is 18.9 Å². The minimum atomic E-state index is -4.87. The van der Waals surface area contributed by atoms with Gasteiger partial charge in [-0.05, 0) is 66.4 Å². The maximum atomic E-state index is 13.0. The molecule has 5 nitrogen and oxygen atoms in total. The molecule has 0 aliphatic rings. The summed E-state index contributed by atoms with van der Waals surface area (Å²) in [4.78, 5) is 4.05. The van der Waals surface area contributed by atoms with Gasteiger partial charge in [-0.3, -0.25) is 9.29 Å². The molecule has 3 rings (SSSR count). The first kappa shape index (κ1) is 24.6. The van der Waals surface area contributed by atoms with Gasteiger partial charge in [0.1, 0.15) is 11.5 Å². The van der Waals surface area contributed by atoms with Crippen molar-refractivity contribution in [1.29, 1.82) is 0 Å². The molecule has 0 fully saturated rings. The molecule has 1 heterocycles. The quantitative estimate of drug-likeness (QED) is 0.387. The normalized spacial score (nSPS) is 12.1. The minimum Gasteiger partial charge on any atom is -0.457 e. The van der Waals surface area contributed by atoms with E-state index in [9.17, 15) is 21.6 Å². The topological polar surface area (TPSA) is 59.5 Å². The fraction of sp³-hybridized carbons (Fsp3) is 0.292. The summed E-state index contributed by atoms with van der Waals surface area (Å²) >= 11 is 0. The summed E-state index contributed by atoms with van der Waals surface area (Å²) < 4.78 is 70.9. The Morgan fingerprint density at radius 2 is 1.73 bits per heavy atom. The average Bonchev–Trinajstić information content (AvgIpc) is 2.71. The van der Waals surface area contributed by atoms with Crippen LogP contribution in [-0.4, -0.2) is 25.3 Å². The number of sulfonamides is 1. The predicted molar refractivity (Wildman–Crippen MR) is 122 cm³/mol. The first-order valence-corrected chi connectivity index (χ1v) is 11.9. The van der Waals surface area contributed by atoms with Gasteiger partial charge >= 0.3 is 6.18 Å². The van der Waals surface area contributed by atoms with E-state index in [0.29, 0.717) is 17.2 Å². The Balaban J connectivity index is 1.92. The van der Waals surface area contributed by atoms with Crippen molar-refractivity contribution < 1.29 is 26.3 Å². The van der Waals surface area contributed by atoms with Crippen molar-refractivity contribution in [3.05, 3.63) is 83.7 Å². The SMILES string of the molecule is Cc1ccc(C(C)C)c(Oc2ccc(N(Cc3ccccn3)S(=O)(=O)CC(F)(F)F)cc2)c1. The van der Waals surface area contributed by atoms with Crippen LogP contribution in [0.25, 0.3) is 0 Å². The Morgan fingerprint density at radius 3 is 2.30 bits per heavy atom. The Hall–Kier alpha value is -3.07. The lowest BCUT2D eigenvalue weighted by molar-refractivity contribution is -0.106. The average molecular weight is 479 g/mol. The number of pyridine rings is 1. The van der Waals surface area contributed by atoms with Crippen LogP contribution in [0, 0.1) is 6.92 Å². The van der Waals surface area contributed by atoms with Crippen LogP contribution in [0.3, 0.4) is 0 Å². The van der Waals surface area contributed by atoms with Gasteiger partial charge in [0.2, 0.25) is 10.0 Å². The van der Waals surface area contributed by atoms with Crippen molar-refractivity contribution in [2.24, 2.45) is 0 Å². The molecule has 176 valence electrons. The summed E-state index contributed by atoms with van der Waals surface area (Å²) in [6, 6.07) is 16.7. The maximum absolute atomic E-state index is 13.0. The smallest absolute Gasteiger partial charge is 0.404 e. The van der Waals surface area contributed by atoms with Crippen LogP contribution in [0.1, 0.15) is 36.6 Å². The van der Waals surface area contributed by atoms with Crippen molar-refractivity contribution in [2.45, 2.75) is 39.4 Å². The van der Waals surface area contributed by atoms with Crippen LogP contribution in [-0.2, 0) is 16.6 Å². The van der Waals surface area contributed by atoms with Crippen molar-refractivity contribution in [1.82, 2.24) is 4.98 Å². The van der Waals surface area contributed by atoms with E-state index < -0.39 is 22.0 Å². The number of alkyl halides is 3. The highest BCUT2D eigenvalue weighted by Crippen LogP contribution is 2.33. The predicted octanol–water partition coefficient (Wildman–Crippen LogP) is 6.20. The van der Waals surface area contributed by atoms with E-state index in [1.54, 1.807) is 18.2 Å². The third kappa shape index (κ3) is 6.71. The van der Waals surface area contributed by atoms with E-state index in [2.05, 4.69) is 4.98 Å². The molecular weight excluding hydrogens is 453 g/mol. The number of ether oxygens (including phenoxy) is 1. The molecule has 0 unspecified atom stereocenters. The van der Waals surface area contributed by atoms with Crippen LogP contribution in [0.15, 0.2) is 66.9 Å². The molecule has 33 heavy (non-hydrogen) atoms. The molecular formula is C24H25F3N2O3S. The number of hydrogen-bond acceptors (Lipinski definition) is 4. The molecule has 0 saturated carbocycles. The standard InChI is InChI=1S/C24H25F3N2O3S/c1-17(2)22-12-7-18(3)14-23(22)32-21-10-8-20(9-11-21)29(15-19-6-4-5-13-28-19)33(30,31)16-24(25,26)27/h4-14,17H,15-16H2,1-3H3. The molecule has 0 saturated heterocycles. The minimum absolute atomic E-state index is 0.0885. The zero-order valence-electron chi connectivity index (χ0n) is 18.5. The van der Waals surface area contributed by atoms with E-state index in [4.69, 9.17) is 4.74 Å². The lowest BCUT2D eigenvalue weighted by atomic mass is 10.0. The number of hydrogen-bond donors (Lipinski definition) is 0. The summed E-state index contributed by atoms with van der Waals surface area (Å²) in [5, 5.41) is 0. The number of rotatable bonds is 8. The maximum Gasteiger partial charge on any atom is 0.404 e. The molecule has 9 heteroatoms. The third-order valence-corrected chi connectivity index (χ3v) is 6.56. The molecule has 0 aliphatic carbocycles. The van der Waals surface area contributed by atoms with Crippen LogP contribution >= 0.6 is 0 Å². The number of anilines is 1. The van der Waals surface area contributed by atoms with E-state index in [1.165, 1.54) is 30.5 Å². The number of nitrogens with zero attached hydrogens (tertiary/aromatic N) is 2. The largest absolute Gasteiger partial charge is 0.457 e. The zero-order valence-corrected chi connectivity index (χ0v) is 19.3. The highest BCUT2D eigenvalue weighted by atomic mass is 32.2. The molecule has 0 bridgehead atoms. The molecule has 0 amide bonds. The van der Waals surface area contributed by atoms with E-state index in [0.717, 1.165) is 15.4 Å². The monoisotopic (exact) mass is 478 g/mol. The first-order chi connectivity index (χ1) is 15.4. The van der Waals surface area contributed by atoms with E-state index in [1.807, 2.05) is 39.0 Å². The Kier molecular flexibility index (Phi) is 7.31. The van der Waals surface area contributed by atoms with Gasteiger partial charge in [-0.2, -0.15) is 13.2 Å². The molecule has 0 spiro atoms. The van der Waals surface area contributed by atoms with E-state index >= 15 is 0 Å². The van der Waals surface area contributed by atoms with Gasteiger partial charge in [0.05, 0.1) is 17.9 Å². The van der Waals surface area contributed by atoms with Gasteiger partial charge < -0.3 is 4.74 Å². The van der Waals surface area contributed by atoms with E-state index in [-0.39, 0.29) is 18.2 Å². The lowest BCUT2D eigenvalue weighted by Crippen LogP contribution is -2.37. The molecule has 0 N–H and O–H groups in total. The molecule has 0 atom stereocenters. The van der Waals surface area contributed by atoms with Crippen LogP contribution in [0.2, 0.25) is 0 Å². The highest BCUT2D eigenvalue weighted by molar-refractivity contribution is 7.92. The summed E-state index contributed by atoms with van der Waals surface area (Å²) in [7, 11) is -4.70. The molecule has 3 aromatic rings. The second-order valence-electron chi connectivity index (χ2n) is 7.99. The fourth-order valence-corrected chi connectivity index (χ4v) is 4.63. The molecule has 0 aliphatic heterocycles. The fourth-order valence-electron chi connectivity index (χ4n) is 3.29. The van der Waals surface area contributed by atoms with Gasteiger partial charge in [0, 0.05) is 6.20 Å². The third-order valence-electron chi connectivity index (χ3n) is 4.86. The molecule has 1 aromatic heterocycles. The summed E-state index contributed by atoms with van der Waals surface area (Å²) in [6.07, 6.45) is -3.42. The first-order valence-electron chi connectivity index (χ1n) is 10.3. The highest BCUT2D eigenvalue weighted by Gasteiger charge is 2.38. The summed E-state index contributed by atoms with van der Waals surface area (Å²) in [6.45, 7) is 5.71. The van der Waals surface area contributed by atoms with Gasteiger partial charge in [0.15, 0.2) is 5.75 Å². The lowest BCUT2D eigenvalue weighted by Gasteiger charge is -2.25. The molecule has 0 radical (unpaired) electrons. The van der Waals surface area contributed by atoms with Crippen molar-refractivity contribution in [3.8, 4) is 11.5 Å². The number of aromatic nitrogens is 1. The van der Waals surface area contributed by atoms with Crippen LogP contribution < -0.4 is 9.04 Å². The van der Waals surface area contributed by atoms with Crippen molar-refractivity contribution in [3.63, 3.8) is 0 Å². The van der Waals surface area contributed by atoms with Gasteiger partial charge in [-0.25, -0.2) is 8.42 Å². The van der Waals surface area contributed by atoms with Crippen molar-refractivity contribution >= 4 is 15.7 Å². The summed E-state index contributed by atoms with van der Waals surface area (Å²) in [5.41, 5.74) is 2.44. The number of halogens is 3. The van der Waals surface area contributed by atoms with Gasteiger partial charge in [0.25, 0.3) is 0 Å². The second kappa shape index (κ2) is 9.82. The summed E-state index contributed by atoms with van der Waals surface area (Å²) in [5.74, 6) is -0.627. The van der Waals surface area contributed by atoms with Gasteiger partial charge in [-0.15, -0.1) is 0 Å².